The van der Waals surface area contributed by atoms with Crippen LogP contribution >= 0.6 is 0 Å². The summed E-state index contributed by atoms with van der Waals surface area (Å²) in [6.07, 6.45) is 2.31. The summed E-state index contributed by atoms with van der Waals surface area (Å²) in [4.78, 5) is 13.6. The van der Waals surface area contributed by atoms with E-state index in [1.807, 2.05) is 0 Å². The van der Waals surface area contributed by atoms with Crippen LogP contribution in [0.15, 0.2) is 0 Å². The smallest absolute Gasteiger partial charge is 0.156 e. The van der Waals surface area contributed by atoms with Crippen molar-refractivity contribution in [3.63, 3.8) is 0 Å². The maximum absolute atomic E-state index is 11.5. The van der Waals surface area contributed by atoms with E-state index in [0.717, 1.165) is 19.4 Å². The van der Waals surface area contributed by atoms with Gasteiger partial charge in [0, 0.05) is 19.5 Å². The highest BCUT2D eigenvalue weighted by Gasteiger charge is 2.33. The minimum Gasteiger partial charge on any atom is -0.361 e. The lowest BCUT2D eigenvalue weighted by atomic mass is 10.1. The summed E-state index contributed by atoms with van der Waals surface area (Å²) in [5, 5.41) is 8.73. The number of nitrogens with zero attached hydrogens (tertiary/aromatic N) is 2. The molecule has 0 spiro atoms. The number of Topliss-reactive ketones (excluding diaryl/α,β-unsaturated/α-hetero) is 1. The third-order valence-electron chi connectivity index (χ3n) is 2.96. The highest BCUT2D eigenvalue weighted by Crippen LogP contribution is 2.22. The summed E-state index contributed by atoms with van der Waals surface area (Å²) >= 11 is 0. The molecule has 1 aliphatic heterocycles. The highest BCUT2D eigenvalue weighted by atomic mass is 16.5. The second-order valence-corrected chi connectivity index (χ2v) is 3.86. The van der Waals surface area contributed by atoms with Gasteiger partial charge in [-0.1, -0.05) is 0 Å². The summed E-state index contributed by atoms with van der Waals surface area (Å²) in [5.74, 6) is 0.337. The van der Waals surface area contributed by atoms with E-state index in [9.17, 15) is 4.79 Å². The molecule has 2 atom stereocenters. The first-order chi connectivity index (χ1) is 6.81. The molecular formula is C10H14N2O2. The van der Waals surface area contributed by atoms with Crippen LogP contribution < -0.4 is 0 Å². The third kappa shape index (κ3) is 1.79. The fraction of sp³-hybridized carbons (Fsp3) is 0.800. The summed E-state index contributed by atoms with van der Waals surface area (Å²) in [6.45, 7) is 1.95. The summed E-state index contributed by atoms with van der Waals surface area (Å²) in [5.41, 5.74) is 0. The third-order valence-corrected chi connectivity index (χ3v) is 2.96. The molecule has 1 saturated heterocycles. The second kappa shape index (κ2) is 4.07. The van der Waals surface area contributed by atoms with Crippen molar-refractivity contribution in [3.05, 3.63) is 0 Å². The highest BCUT2D eigenvalue weighted by molar-refractivity contribution is 5.85. The molecule has 1 saturated carbocycles. The molecule has 0 radical (unpaired) electrons. The topological polar surface area (TPSA) is 53.3 Å². The fourth-order valence-electron chi connectivity index (χ4n) is 2.21. The molecule has 1 aliphatic carbocycles. The molecule has 2 aliphatic rings. The molecule has 0 aromatic rings. The zero-order chi connectivity index (χ0) is 9.97. The van der Waals surface area contributed by atoms with E-state index < -0.39 is 0 Å². The predicted octanol–water partition coefficient (Wildman–Crippen LogP) is 0.332. The number of hydrogen-bond acceptors (Lipinski definition) is 4. The van der Waals surface area contributed by atoms with Crippen LogP contribution in [0.5, 0.6) is 0 Å². The molecule has 2 unspecified atom stereocenters. The molecule has 2 rings (SSSR count). The molecule has 76 valence electrons. The Morgan fingerprint density at radius 3 is 3.07 bits per heavy atom. The van der Waals surface area contributed by atoms with Gasteiger partial charge in [0.15, 0.2) is 6.10 Å². The molecule has 1 heterocycles. The van der Waals surface area contributed by atoms with Gasteiger partial charge in [0.05, 0.1) is 18.7 Å². The van der Waals surface area contributed by atoms with Gasteiger partial charge in [-0.25, -0.2) is 0 Å². The Morgan fingerprint density at radius 1 is 1.57 bits per heavy atom. The minimum atomic E-state index is -0.350. The van der Waals surface area contributed by atoms with Crippen LogP contribution in [0.3, 0.4) is 0 Å². The monoisotopic (exact) mass is 194 g/mol. The Bertz CT molecular complexity index is 272. The number of carbonyl (C=O) groups excluding carboxylic acids is 1. The van der Waals surface area contributed by atoms with Crippen molar-refractivity contribution in [2.45, 2.75) is 31.4 Å². The molecule has 14 heavy (non-hydrogen) atoms. The normalized spacial score (nSPS) is 34.4. The van der Waals surface area contributed by atoms with Crippen molar-refractivity contribution in [3.8, 4) is 6.07 Å². The van der Waals surface area contributed by atoms with E-state index in [2.05, 4.69) is 11.0 Å². The number of morpholine rings is 1. The van der Waals surface area contributed by atoms with Crippen LogP contribution in [0.25, 0.3) is 0 Å². The first-order valence-corrected chi connectivity index (χ1v) is 5.09. The molecule has 0 aromatic carbocycles. The van der Waals surface area contributed by atoms with Gasteiger partial charge in [-0.05, 0) is 12.8 Å². The summed E-state index contributed by atoms with van der Waals surface area (Å²) in [6, 6.07) is 2.16. The SMILES string of the molecule is N#CC1CN(C2CCCC2=O)CCO1. The first kappa shape index (κ1) is 9.63. The van der Waals surface area contributed by atoms with Gasteiger partial charge in [0.25, 0.3) is 0 Å². The van der Waals surface area contributed by atoms with Crippen LogP contribution in [-0.4, -0.2) is 42.5 Å². The average molecular weight is 194 g/mol. The van der Waals surface area contributed by atoms with E-state index in [-0.39, 0.29) is 12.1 Å². The average Bonchev–Trinajstić information content (AvgIpc) is 2.65. The lowest BCUT2D eigenvalue weighted by molar-refractivity contribution is -0.124. The number of nitriles is 1. The number of hydrogen-bond donors (Lipinski definition) is 0. The molecule has 4 nitrogen and oxygen atoms in total. The van der Waals surface area contributed by atoms with E-state index in [1.54, 1.807) is 0 Å². The predicted molar refractivity (Wildman–Crippen MR) is 49.6 cm³/mol. The quantitative estimate of drug-likeness (QED) is 0.603. The lowest BCUT2D eigenvalue weighted by Crippen LogP contribution is -2.48. The van der Waals surface area contributed by atoms with Gasteiger partial charge in [-0.3, -0.25) is 9.69 Å². The molecular weight excluding hydrogens is 180 g/mol. The van der Waals surface area contributed by atoms with E-state index in [0.29, 0.717) is 25.4 Å². The van der Waals surface area contributed by atoms with Crippen LogP contribution in [-0.2, 0) is 9.53 Å². The Hall–Kier alpha value is -0.920. The van der Waals surface area contributed by atoms with E-state index in [1.165, 1.54) is 0 Å². The minimum absolute atomic E-state index is 0.0646. The van der Waals surface area contributed by atoms with E-state index >= 15 is 0 Å². The molecule has 0 amide bonds. The van der Waals surface area contributed by atoms with Crippen LogP contribution in [0.4, 0.5) is 0 Å². The van der Waals surface area contributed by atoms with Gasteiger partial charge in [0.1, 0.15) is 5.78 Å². The largest absolute Gasteiger partial charge is 0.361 e. The van der Waals surface area contributed by atoms with Crippen LogP contribution in [0.1, 0.15) is 19.3 Å². The molecule has 0 bridgehead atoms. The summed E-state index contributed by atoms with van der Waals surface area (Å²) < 4.78 is 5.24. The molecule has 0 N–H and O–H groups in total. The van der Waals surface area contributed by atoms with Gasteiger partial charge < -0.3 is 4.74 Å². The Kier molecular flexibility index (Phi) is 2.80. The maximum atomic E-state index is 11.5. The van der Waals surface area contributed by atoms with Crippen molar-refractivity contribution in [1.29, 1.82) is 5.26 Å². The maximum Gasteiger partial charge on any atom is 0.156 e. The van der Waals surface area contributed by atoms with Gasteiger partial charge in [-0.2, -0.15) is 5.26 Å². The van der Waals surface area contributed by atoms with Crippen molar-refractivity contribution in [2.24, 2.45) is 0 Å². The Morgan fingerprint density at radius 2 is 2.43 bits per heavy atom. The fourth-order valence-corrected chi connectivity index (χ4v) is 2.21. The zero-order valence-electron chi connectivity index (χ0n) is 8.11. The van der Waals surface area contributed by atoms with Crippen molar-refractivity contribution >= 4 is 5.78 Å². The van der Waals surface area contributed by atoms with Gasteiger partial charge in [0.2, 0.25) is 0 Å². The number of rotatable bonds is 1. The standard InChI is InChI=1S/C10H14N2O2/c11-6-8-7-12(4-5-14-8)9-2-1-3-10(9)13/h8-9H,1-5,7H2. The summed E-state index contributed by atoms with van der Waals surface area (Å²) in [7, 11) is 0. The van der Waals surface area contributed by atoms with Gasteiger partial charge >= 0.3 is 0 Å². The number of ketones is 1. The Labute approximate surface area is 83.4 Å². The van der Waals surface area contributed by atoms with Crippen molar-refractivity contribution < 1.29 is 9.53 Å². The second-order valence-electron chi connectivity index (χ2n) is 3.86. The molecule has 0 aromatic heterocycles. The lowest BCUT2D eigenvalue weighted by Gasteiger charge is -2.33. The van der Waals surface area contributed by atoms with Crippen molar-refractivity contribution in [2.75, 3.05) is 19.7 Å². The zero-order valence-corrected chi connectivity index (χ0v) is 8.11. The van der Waals surface area contributed by atoms with E-state index in [4.69, 9.17) is 10.00 Å². The number of ether oxygens (including phenoxy) is 1. The molecule has 4 heteroatoms. The molecule has 2 fully saturated rings. The van der Waals surface area contributed by atoms with Crippen LogP contribution in [0.2, 0.25) is 0 Å². The van der Waals surface area contributed by atoms with Crippen molar-refractivity contribution in [1.82, 2.24) is 4.90 Å². The van der Waals surface area contributed by atoms with Gasteiger partial charge in [-0.15, -0.1) is 0 Å². The van der Waals surface area contributed by atoms with Crippen LogP contribution in [0, 0.1) is 11.3 Å². The first-order valence-electron chi connectivity index (χ1n) is 5.09. The Balaban J connectivity index is 1.97. The number of carbonyl (C=O) groups is 1.